The first kappa shape index (κ1) is 17.2. The molecule has 1 amide bonds. The molecule has 2 aromatic heterocycles. The molecule has 0 atom stereocenters. The van der Waals surface area contributed by atoms with E-state index in [1.54, 1.807) is 30.7 Å². The number of pyridine rings is 1. The lowest BCUT2D eigenvalue weighted by atomic mass is 10.1. The van der Waals surface area contributed by atoms with Crippen LogP contribution in [0.5, 0.6) is 5.75 Å². The van der Waals surface area contributed by atoms with E-state index >= 15 is 0 Å². The molecule has 0 fully saturated rings. The first-order valence-corrected chi connectivity index (χ1v) is 9.03. The van der Waals surface area contributed by atoms with Crippen LogP contribution in [0.4, 0.5) is 0 Å². The minimum Gasteiger partial charge on any atom is -0.497 e. The molecular formula is C19H20N2O3S. The maximum Gasteiger partial charge on any atom is 0.256 e. The van der Waals surface area contributed by atoms with Crippen molar-refractivity contribution in [1.82, 2.24) is 9.88 Å². The molecule has 6 heteroatoms. The number of nitrogens with one attached hydrogen (secondary N) is 1. The fraction of sp³-hybridized carbons (Fsp3) is 0.263. The molecule has 0 saturated carbocycles. The van der Waals surface area contributed by atoms with Crippen molar-refractivity contribution in [3.8, 4) is 5.75 Å². The van der Waals surface area contributed by atoms with Crippen LogP contribution in [0.2, 0.25) is 0 Å². The minimum absolute atomic E-state index is 0.161. The summed E-state index contributed by atoms with van der Waals surface area (Å²) < 4.78 is 7.12. The maximum atomic E-state index is 12.8. The van der Waals surface area contributed by atoms with Gasteiger partial charge in [0.15, 0.2) is 0 Å². The Labute approximate surface area is 149 Å². The van der Waals surface area contributed by atoms with Crippen molar-refractivity contribution in [3.05, 3.63) is 62.6 Å². The lowest BCUT2D eigenvalue weighted by Gasteiger charge is -2.12. The third-order valence-electron chi connectivity index (χ3n) is 4.11. The second-order valence-electron chi connectivity index (χ2n) is 5.63. The Morgan fingerprint density at radius 1 is 1.32 bits per heavy atom. The van der Waals surface area contributed by atoms with E-state index in [2.05, 4.69) is 5.32 Å². The molecule has 130 valence electrons. The third-order valence-corrected chi connectivity index (χ3v) is 5.05. The van der Waals surface area contributed by atoms with Crippen molar-refractivity contribution in [2.75, 3.05) is 13.7 Å². The van der Waals surface area contributed by atoms with Gasteiger partial charge in [-0.1, -0.05) is 6.07 Å². The van der Waals surface area contributed by atoms with Gasteiger partial charge in [-0.3, -0.25) is 9.59 Å². The number of ether oxygens (including phenoxy) is 1. The number of rotatable bonds is 6. The topological polar surface area (TPSA) is 60.3 Å². The number of carbonyl (C=O) groups excluding carboxylic acids is 1. The fourth-order valence-corrected chi connectivity index (χ4v) is 3.49. The van der Waals surface area contributed by atoms with Crippen LogP contribution in [-0.4, -0.2) is 24.1 Å². The second kappa shape index (κ2) is 7.53. The Morgan fingerprint density at radius 3 is 2.84 bits per heavy atom. The van der Waals surface area contributed by atoms with E-state index < -0.39 is 0 Å². The summed E-state index contributed by atoms with van der Waals surface area (Å²) in [5.74, 6) is 0.260. The first-order valence-electron chi connectivity index (χ1n) is 8.15. The molecule has 0 aliphatic carbocycles. The van der Waals surface area contributed by atoms with Gasteiger partial charge in [0, 0.05) is 24.2 Å². The van der Waals surface area contributed by atoms with Gasteiger partial charge in [-0.25, -0.2) is 0 Å². The molecule has 1 aromatic carbocycles. The summed E-state index contributed by atoms with van der Waals surface area (Å²) in [6.45, 7) is 3.15. The second-order valence-corrected chi connectivity index (χ2v) is 6.66. The van der Waals surface area contributed by atoms with E-state index in [0.29, 0.717) is 24.2 Å². The summed E-state index contributed by atoms with van der Waals surface area (Å²) in [6, 6.07) is 9.36. The molecule has 1 N–H and O–H groups in total. The molecular weight excluding hydrogens is 336 g/mol. The molecule has 25 heavy (non-hydrogen) atoms. The standard InChI is InChI=1S/C19H20N2O3S/c1-3-21-12-16(19(23)20-9-8-14-5-4-10-25-14)18(22)15-11-13(24-2)6-7-17(15)21/h4-7,10-12H,3,8-9H2,1-2H3,(H,20,23). The highest BCUT2D eigenvalue weighted by Crippen LogP contribution is 2.19. The van der Waals surface area contributed by atoms with E-state index in [1.807, 2.05) is 41.1 Å². The molecule has 0 radical (unpaired) electrons. The van der Waals surface area contributed by atoms with Crippen molar-refractivity contribution in [2.24, 2.45) is 0 Å². The quantitative estimate of drug-likeness (QED) is 0.738. The minimum atomic E-state index is -0.339. The lowest BCUT2D eigenvalue weighted by molar-refractivity contribution is 0.0952. The molecule has 0 aliphatic heterocycles. The monoisotopic (exact) mass is 356 g/mol. The van der Waals surface area contributed by atoms with Gasteiger partial charge in [-0.05, 0) is 43.0 Å². The molecule has 0 aliphatic rings. The fourth-order valence-electron chi connectivity index (χ4n) is 2.78. The van der Waals surface area contributed by atoms with Crippen molar-refractivity contribution in [2.45, 2.75) is 19.9 Å². The van der Waals surface area contributed by atoms with Crippen LogP contribution >= 0.6 is 11.3 Å². The summed E-state index contributed by atoms with van der Waals surface area (Å²) >= 11 is 1.65. The van der Waals surface area contributed by atoms with Gasteiger partial charge < -0.3 is 14.6 Å². The van der Waals surface area contributed by atoms with Crippen molar-refractivity contribution in [3.63, 3.8) is 0 Å². The van der Waals surface area contributed by atoms with Gasteiger partial charge in [-0.15, -0.1) is 11.3 Å². The van der Waals surface area contributed by atoms with Crippen molar-refractivity contribution >= 4 is 28.1 Å². The third kappa shape index (κ3) is 3.58. The summed E-state index contributed by atoms with van der Waals surface area (Å²) in [4.78, 5) is 26.5. The van der Waals surface area contributed by atoms with Gasteiger partial charge >= 0.3 is 0 Å². The summed E-state index contributed by atoms with van der Waals surface area (Å²) in [5, 5.41) is 5.35. The average molecular weight is 356 g/mol. The van der Waals surface area contributed by atoms with Gasteiger partial charge in [0.25, 0.3) is 5.91 Å². The SMILES string of the molecule is CCn1cc(C(=O)NCCc2cccs2)c(=O)c2cc(OC)ccc21. The molecule has 0 bridgehead atoms. The molecule has 0 saturated heterocycles. The van der Waals surface area contributed by atoms with E-state index in [1.165, 1.54) is 4.88 Å². The zero-order valence-electron chi connectivity index (χ0n) is 14.2. The zero-order chi connectivity index (χ0) is 17.8. The van der Waals surface area contributed by atoms with Crippen molar-refractivity contribution < 1.29 is 9.53 Å². The summed E-state index contributed by atoms with van der Waals surface area (Å²) in [5.41, 5.74) is 0.685. The van der Waals surface area contributed by atoms with Crippen LogP contribution < -0.4 is 15.5 Å². The first-order chi connectivity index (χ1) is 12.1. The molecule has 5 nitrogen and oxygen atoms in total. The van der Waals surface area contributed by atoms with Gasteiger partial charge in [0.05, 0.1) is 18.0 Å². The molecule has 2 heterocycles. The zero-order valence-corrected chi connectivity index (χ0v) is 15.1. The van der Waals surface area contributed by atoms with Gasteiger partial charge in [0.2, 0.25) is 5.43 Å². The Bertz CT molecular complexity index is 945. The molecule has 0 spiro atoms. The number of carbonyl (C=O) groups is 1. The van der Waals surface area contributed by atoms with E-state index in [4.69, 9.17) is 4.74 Å². The lowest BCUT2D eigenvalue weighted by Crippen LogP contribution is -2.31. The highest BCUT2D eigenvalue weighted by Gasteiger charge is 2.15. The van der Waals surface area contributed by atoms with Crippen LogP contribution in [-0.2, 0) is 13.0 Å². The molecule has 0 unspecified atom stereocenters. The van der Waals surface area contributed by atoms with E-state index in [0.717, 1.165) is 11.9 Å². The maximum absolute atomic E-state index is 12.8. The Morgan fingerprint density at radius 2 is 2.16 bits per heavy atom. The number of amides is 1. The highest BCUT2D eigenvalue weighted by molar-refractivity contribution is 7.09. The van der Waals surface area contributed by atoms with Crippen LogP contribution in [0.3, 0.4) is 0 Å². The predicted molar refractivity (Wildman–Crippen MR) is 101 cm³/mol. The number of benzene rings is 1. The number of fused-ring (bicyclic) bond motifs is 1. The summed E-state index contributed by atoms with van der Waals surface area (Å²) in [7, 11) is 1.56. The highest BCUT2D eigenvalue weighted by atomic mass is 32.1. The number of nitrogens with zero attached hydrogens (tertiary/aromatic N) is 1. The predicted octanol–water partition coefficient (Wildman–Crippen LogP) is 3.06. The smallest absolute Gasteiger partial charge is 0.256 e. The van der Waals surface area contributed by atoms with Gasteiger partial charge in [0.1, 0.15) is 11.3 Å². The van der Waals surface area contributed by atoms with Crippen molar-refractivity contribution in [1.29, 1.82) is 0 Å². The number of aromatic nitrogens is 1. The largest absolute Gasteiger partial charge is 0.497 e. The number of methoxy groups -OCH3 is 1. The van der Waals surface area contributed by atoms with Crippen LogP contribution in [0.25, 0.3) is 10.9 Å². The normalized spacial score (nSPS) is 10.8. The number of hydrogen-bond donors (Lipinski definition) is 1. The molecule has 3 rings (SSSR count). The van der Waals surface area contributed by atoms with Crippen LogP contribution in [0.1, 0.15) is 22.2 Å². The number of hydrogen-bond acceptors (Lipinski definition) is 4. The summed E-state index contributed by atoms with van der Waals surface area (Å²) in [6.07, 6.45) is 2.39. The number of aryl methyl sites for hydroxylation is 1. The van der Waals surface area contributed by atoms with E-state index in [9.17, 15) is 9.59 Å². The van der Waals surface area contributed by atoms with E-state index in [-0.39, 0.29) is 16.9 Å². The van der Waals surface area contributed by atoms with Crippen LogP contribution in [0.15, 0.2) is 46.7 Å². The average Bonchev–Trinajstić information content (AvgIpc) is 3.15. The number of thiophene rings is 1. The molecule has 3 aromatic rings. The van der Waals surface area contributed by atoms with Crippen LogP contribution in [0, 0.1) is 0 Å². The Kier molecular flexibility index (Phi) is 5.19. The Hall–Kier alpha value is -2.60. The van der Waals surface area contributed by atoms with Gasteiger partial charge in [-0.2, -0.15) is 0 Å². The Balaban J connectivity index is 1.90.